The fourth-order valence-corrected chi connectivity index (χ4v) is 3.91. The fraction of sp³-hybridized carbons (Fsp3) is 0.348. The summed E-state index contributed by atoms with van der Waals surface area (Å²) in [7, 11) is 0. The molecule has 3 amide bonds. The number of para-hydroxylation sites is 1. The smallest absolute Gasteiger partial charge is 0.321 e. The molecule has 0 saturated carbocycles. The average Bonchev–Trinajstić information content (AvgIpc) is 3.21. The van der Waals surface area contributed by atoms with Crippen molar-refractivity contribution >= 4 is 28.5 Å². The van der Waals surface area contributed by atoms with E-state index in [0.717, 1.165) is 30.2 Å². The summed E-state index contributed by atoms with van der Waals surface area (Å²) in [6, 6.07) is 12.0. The van der Waals surface area contributed by atoms with Gasteiger partial charge in [0.2, 0.25) is 0 Å². The third-order valence-electron chi connectivity index (χ3n) is 5.85. The number of aryl methyl sites for hydroxylation is 1. The first-order valence-corrected chi connectivity index (χ1v) is 10.5. The molecule has 0 radical (unpaired) electrons. The number of H-pyrrole nitrogens is 1. The number of urea groups is 1. The van der Waals surface area contributed by atoms with E-state index in [4.69, 9.17) is 0 Å². The van der Waals surface area contributed by atoms with E-state index in [0.29, 0.717) is 42.5 Å². The molecule has 2 aromatic carbocycles. The van der Waals surface area contributed by atoms with Gasteiger partial charge in [0.1, 0.15) is 5.82 Å². The van der Waals surface area contributed by atoms with Gasteiger partial charge in [0.15, 0.2) is 5.69 Å². The van der Waals surface area contributed by atoms with Crippen LogP contribution in [0.3, 0.4) is 0 Å². The molecule has 0 aliphatic carbocycles. The van der Waals surface area contributed by atoms with E-state index in [-0.39, 0.29) is 17.8 Å². The number of likely N-dealkylation sites (tertiary alicyclic amines) is 1. The molecule has 0 spiro atoms. The molecule has 3 aromatic rings. The standard InChI is InChI=1S/C23H26FN5O2/c1-15-6-7-17(14-19(15)24)26-23(31)29-12-9-16(10-13-29)8-11-25-22(30)21-18-4-2-3-5-20(18)27-28-21/h2-7,14,16H,8-13H2,1H3,(H,25,30)(H,26,31)(H,27,28). The Kier molecular flexibility index (Phi) is 6.16. The number of carbonyl (C=O) groups excluding carboxylic acids is 2. The third-order valence-corrected chi connectivity index (χ3v) is 5.85. The Balaban J connectivity index is 1.21. The number of anilines is 1. The van der Waals surface area contributed by atoms with E-state index in [9.17, 15) is 14.0 Å². The molecule has 1 aliphatic heterocycles. The number of aromatic nitrogens is 2. The van der Waals surface area contributed by atoms with E-state index in [1.54, 1.807) is 24.0 Å². The molecule has 1 aromatic heterocycles. The zero-order valence-electron chi connectivity index (χ0n) is 17.5. The Hall–Kier alpha value is -3.42. The van der Waals surface area contributed by atoms with Crippen molar-refractivity contribution in [2.45, 2.75) is 26.2 Å². The number of hydrogen-bond acceptors (Lipinski definition) is 3. The Bertz CT molecular complexity index is 1090. The van der Waals surface area contributed by atoms with Gasteiger partial charge >= 0.3 is 6.03 Å². The molecule has 0 unspecified atom stereocenters. The average molecular weight is 423 g/mol. The normalized spacial score (nSPS) is 14.6. The molecule has 1 aliphatic rings. The first kappa shape index (κ1) is 20.8. The second-order valence-electron chi connectivity index (χ2n) is 7.99. The SMILES string of the molecule is Cc1ccc(NC(=O)N2CCC(CCNC(=O)c3n[nH]c4ccccc34)CC2)cc1F. The Morgan fingerprint density at radius 3 is 2.74 bits per heavy atom. The molecule has 162 valence electrons. The summed E-state index contributed by atoms with van der Waals surface area (Å²) >= 11 is 0. The van der Waals surface area contributed by atoms with Crippen molar-refractivity contribution < 1.29 is 14.0 Å². The molecule has 8 heteroatoms. The number of nitrogens with zero attached hydrogens (tertiary/aromatic N) is 2. The van der Waals surface area contributed by atoms with Gasteiger partial charge in [0.05, 0.1) is 5.52 Å². The Morgan fingerprint density at radius 2 is 1.97 bits per heavy atom. The van der Waals surface area contributed by atoms with Gasteiger partial charge in [-0.05, 0) is 55.9 Å². The first-order chi connectivity index (χ1) is 15.0. The molecular formula is C23H26FN5O2. The summed E-state index contributed by atoms with van der Waals surface area (Å²) < 4.78 is 13.7. The van der Waals surface area contributed by atoms with Crippen molar-refractivity contribution in [2.24, 2.45) is 5.92 Å². The lowest BCUT2D eigenvalue weighted by Crippen LogP contribution is -2.41. The molecule has 3 N–H and O–H groups in total. The maximum absolute atomic E-state index is 13.7. The van der Waals surface area contributed by atoms with Crippen LogP contribution >= 0.6 is 0 Å². The molecule has 7 nitrogen and oxygen atoms in total. The number of fused-ring (bicyclic) bond motifs is 1. The molecule has 2 heterocycles. The van der Waals surface area contributed by atoms with Crippen LogP contribution in [0, 0.1) is 18.7 Å². The first-order valence-electron chi connectivity index (χ1n) is 10.5. The monoisotopic (exact) mass is 423 g/mol. The van der Waals surface area contributed by atoms with Crippen LogP contribution in [-0.4, -0.2) is 46.7 Å². The summed E-state index contributed by atoms with van der Waals surface area (Å²) in [5.41, 5.74) is 2.26. The number of piperidine rings is 1. The highest BCUT2D eigenvalue weighted by Gasteiger charge is 2.23. The van der Waals surface area contributed by atoms with Gasteiger partial charge in [-0.3, -0.25) is 9.89 Å². The Labute approximate surface area is 180 Å². The largest absolute Gasteiger partial charge is 0.351 e. The molecule has 0 bridgehead atoms. The van der Waals surface area contributed by atoms with E-state index < -0.39 is 0 Å². The second-order valence-corrected chi connectivity index (χ2v) is 7.99. The van der Waals surface area contributed by atoms with Gasteiger partial charge in [0, 0.05) is 30.7 Å². The van der Waals surface area contributed by atoms with Crippen LogP contribution in [-0.2, 0) is 0 Å². The van der Waals surface area contributed by atoms with Crippen LogP contribution in [0.1, 0.15) is 35.3 Å². The highest BCUT2D eigenvalue weighted by Crippen LogP contribution is 2.22. The second kappa shape index (κ2) is 9.16. The number of aromatic amines is 1. The van der Waals surface area contributed by atoms with Crippen LogP contribution in [0.2, 0.25) is 0 Å². The van der Waals surface area contributed by atoms with E-state index in [2.05, 4.69) is 20.8 Å². The van der Waals surface area contributed by atoms with E-state index >= 15 is 0 Å². The number of halogens is 1. The maximum atomic E-state index is 13.7. The molecule has 1 saturated heterocycles. The minimum absolute atomic E-state index is 0.181. The predicted octanol–water partition coefficient (Wildman–Crippen LogP) is 4.07. The lowest BCUT2D eigenvalue weighted by molar-refractivity contribution is 0.0946. The molecule has 1 fully saturated rings. The molecule has 31 heavy (non-hydrogen) atoms. The van der Waals surface area contributed by atoms with Crippen molar-refractivity contribution in [2.75, 3.05) is 25.0 Å². The summed E-state index contributed by atoms with van der Waals surface area (Å²) in [6.07, 6.45) is 2.60. The summed E-state index contributed by atoms with van der Waals surface area (Å²) in [6.45, 7) is 3.54. The fourth-order valence-electron chi connectivity index (χ4n) is 3.91. The maximum Gasteiger partial charge on any atom is 0.321 e. The van der Waals surface area contributed by atoms with E-state index in [1.807, 2.05) is 24.3 Å². The predicted molar refractivity (Wildman–Crippen MR) is 117 cm³/mol. The van der Waals surface area contributed by atoms with Crippen LogP contribution in [0.5, 0.6) is 0 Å². The van der Waals surface area contributed by atoms with Crippen molar-refractivity contribution in [1.82, 2.24) is 20.4 Å². The zero-order chi connectivity index (χ0) is 21.8. The van der Waals surface area contributed by atoms with Crippen LogP contribution in [0.4, 0.5) is 14.9 Å². The Morgan fingerprint density at radius 1 is 1.19 bits per heavy atom. The lowest BCUT2D eigenvalue weighted by Gasteiger charge is -2.32. The van der Waals surface area contributed by atoms with E-state index in [1.165, 1.54) is 6.07 Å². The topological polar surface area (TPSA) is 90.1 Å². The van der Waals surface area contributed by atoms with Crippen molar-refractivity contribution in [3.8, 4) is 0 Å². The summed E-state index contributed by atoms with van der Waals surface area (Å²) in [4.78, 5) is 26.6. The number of benzene rings is 2. The highest BCUT2D eigenvalue weighted by atomic mass is 19.1. The van der Waals surface area contributed by atoms with Gasteiger partial charge in [-0.25, -0.2) is 9.18 Å². The number of carbonyl (C=O) groups is 2. The van der Waals surface area contributed by atoms with Crippen LogP contribution < -0.4 is 10.6 Å². The number of amides is 3. The van der Waals surface area contributed by atoms with Gasteiger partial charge in [-0.1, -0.05) is 24.3 Å². The molecule has 4 rings (SSSR count). The van der Waals surface area contributed by atoms with Crippen molar-refractivity contribution in [3.05, 3.63) is 59.5 Å². The van der Waals surface area contributed by atoms with Gasteiger partial charge in [0.25, 0.3) is 5.91 Å². The van der Waals surface area contributed by atoms with Gasteiger partial charge in [-0.15, -0.1) is 0 Å². The van der Waals surface area contributed by atoms with Gasteiger partial charge < -0.3 is 15.5 Å². The lowest BCUT2D eigenvalue weighted by atomic mass is 9.93. The van der Waals surface area contributed by atoms with Gasteiger partial charge in [-0.2, -0.15) is 5.10 Å². The number of nitrogens with one attached hydrogen (secondary N) is 3. The molecular weight excluding hydrogens is 397 g/mol. The molecule has 0 atom stereocenters. The highest BCUT2D eigenvalue weighted by molar-refractivity contribution is 6.04. The van der Waals surface area contributed by atoms with Crippen molar-refractivity contribution in [1.29, 1.82) is 0 Å². The minimum Gasteiger partial charge on any atom is -0.351 e. The van der Waals surface area contributed by atoms with Crippen molar-refractivity contribution in [3.63, 3.8) is 0 Å². The summed E-state index contributed by atoms with van der Waals surface area (Å²) in [5.74, 6) is -0.0712. The quantitative estimate of drug-likeness (QED) is 0.578. The minimum atomic E-state index is -0.332. The zero-order valence-corrected chi connectivity index (χ0v) is 17.5. The number of rotatable bonds is 5. The number of hydrogen-bond donors (Lipinski definition) is 3. The van der Waals surface area contributed by atoms with Crippen LogP contribution in [0.15, 0.2) is 42.5 Å². The summed E-state index contributed by atoms with van der Waals surface area (Å²) in [5, 5.41) is 13.5. The third kappa shape index (κ3) is 4.84. The van der Waals surface area contributed by atoms with Crippen LogP contribution in [0.25, 0.3) is 10.9 Å².